The van der Waals surface area contributed by atoms with Gasteiger partial charge in [-0.15, -0.1) is 0 Å². The van der Waals surface area contributed by atoms with Crippen molar-refractivity contribution in [3.63, 3.8) is 0 Å². The number of carbonyl (C=O) groups is 1. The third-order valence-electron chi connectivity index (χ3n) is 5.34. The van der Waals surface area contributed by atoms with Crippen LogP contribution in [0.2, 0.25) is 0 Å². The fourth-order valence-corrected chi connectivity index (χ4v) is 4.11. The highest BCUT2D eigenvalue weighted by Gasteiger charge is 2.57. The van der Waals surface area contributed by atoms with Crippen molar-refractivity contribution >= 4 is 22.0 Å². The van der Waals surface area contributed by atoms with E-state index in [2.05, 4.69) is 34.8 Å². The summed E-state index contributed by atoms with van der Waals surface area (Å²) in [6, 6.07) is 9.76. The van der Waals surface area contributed by atoms with Crippen molar-refractivity contribution in [3.05, 3.63) is 63.9 Å². The van der Waals surface area contributed by atoms with Crippen LogP contribution in [0.5, 0.6) is 0 Å². The second-order valence-electron chi connectivity index (χ2n) is 7.58. The molecule has 2 N–H and O–H groups in total. The van der Waals surface area contributed by atoms with Crippen molar-refractivity contribution in [3.8, 4) is 0 Å². The fraction of sp³-hybridized carbons (Fsp3) is 0.400. The van der Waals surface area contributed by atoms with Gasteiger partial charge in [0.2, 0.25) is 0 Å². The quantitative estimate of drug-likeness (QED) is 0.779. The zero-order valence-electron chi connectivity index (χ0n) is 15.1. The molecular weight excluding hydrogens is 396 g/mol. The van der Waals surface area contributed by atoms with Crippen LogP contribution in [0.4, 0.5) is 4.79 Å². The molecule has 1 aromatic carbocycles. The maximum atomic E-state index is 11.9. The first-order valence-corrected chi connectivity index (χ1v) is 9.38. The summed E-state index contributed by atoms with van der Waals surface area (Å²) in [5, 5.41) is 21.1. The number of aromatic nitrogens is 1. The summed E-state index contributed by atoms with van der Waals surface area (Å²) in [6.07, 6.45) is 2.35. The topological polar surface area (TPSA) is 73.7 Å². The predicted octanol–water partition coefficient (Wildman–Crippen LogP) is 4.20. The number of likely N-dealkylation sites (tertiary alicyclic amines) is 1. The lowest BCUT2D eigenvalue weighted by atomic mass is 9.62. The average molecular weight is 419 g/mol. The number of aliphatic hydroxyl groups is 1. The van der Waals surface area contributed by atoms with Gasteiger partial charge in [-0.1, -0.05) is 45.0 Å². The van der Waals surface area contributed by atoms with E-state index in [1.54, 1.807) is 12.4 Å². The molecule has 1 amide bonds. The van der Waals surface area contributed by atoms with E-state index in [4.69, 9.17) is 0 Å². The maximum Gasteiger partial charge on any atom is 0.407 e. The Morgan fingerprint density at radius 2 is 1.85 bits per heavy atom. The van der Waals surface area contributed by atoms with E-state index in [-0.39, 0.29) is 13.1 Å². The molecular formula is C20H23BrN2O3. The van der Waals surface area contributed by atoms with E-state index in [0.29, 0.717) is 11.5 Å². The van der Waals surface area contributed by atoms with Crippen molar-refractivity contribution in [2.45, 2.75) is 32.3 Å². The first kappa shape index (κ1) is 18.9. The number of hydrogen-bond acceptors (Lipinski definition) is 3. The minimum Gasteiger partial charge on any atom is -0.465 e. The van der Waals surface area contributed by atoms with Gasteiger partial charge in [-0.05, 0) is 39.0 Å². The largest absolute Gasteiger partial charge is 0.465 e. The van der Waals surface area contributed by atoms with Gasteiger partial charge >= 0.3 is 6.09 Å². The van der Waals surface area contributed by atoms with E-state index < -0.39 is 17.1 Å². The van der Waals surface area contributed by atoms with Gasteiger partial charge in [-0.2, -0.15) is 0 Å². The van der Waals surface area contributed by atoms with Crippen LogP contribution >= 0.6 is 15.9 Å². The molecule has 0 saturated carbocycles. The normalized spacial score (nSPS) is 18.3. The minimum absolute atomic E-state index is 0.261. The third-order valence-corrected chi connectivity index (χ3v) is 5.78. The molecule has 0 bridgehead atoms. The Morgan fingerprint density at radius 3 is 2.35 bits per heavy atom. The summed E-state index contributed by atoms with van der Waals surface area (Å²) in [6.45, 7) is 6.69. The second-order valence-corrected chi connectivity index (χ2v) is 8.49. The smallest absolute Gasteiger partial charge is 0.407 e. The number of benzene rings is 1. The first-order chi connectivity index (χ1) is 12.2. The minimum atomic E-state index is -1.34. The summed E-state index contributed by atoms with van der Waals surface area (Å²) >= 11 is 3.42. The monoisotopic (exact) mass is 418 g/mol. The molecule has 0 unspecified atom stereocenters. The summed E-state index contributed by atoms with van der Waals surface area (Å²) < 4.78 is 0.769. The molecule has 0 spiro atoms. The fourth-order valence-electron chi connectivity index (χ4n) is 3.74. The Bertz CT molecular complexity index is 816. The molecule has 138 valence electrons. The van der Waals surface area contributed by atoms with Crippen LogP contribution in [0.15, 0.2) is 47.2 Å². The number of halogens is 1. The average Bonchev–Trinajstić information content (AvgIpc) is 2.58. The van der Waals surface area contributed by atoms with Crippen LogP contribution in [0.1, 0.15) is 43.4 Å². The van der Waals surface area contributed by atoms with Crippen molar-refractivity contribution in [2.75, 3.05) is 13.1 Å². The molecule has 1 atom stereocenters. The summed E-state index contributed by atoms with van der Waals surface area (Å²) in [5.41, 5.74) is 0.596. The van der Waals surface area contributed by atoms with Crippen LogP contribution < -0.4 is 0 Å². The number of amides is 1. The van der Waals surface area contributed by atoms with Gasteiger partial charge in [-0.3, -0.25) is 4.98 Å². The van der Waals surface area contributed by atoms with Crippen LogP contribution in [0.25, 0.3) is 0 Å². The molecule has 1 aliphatic heterocycles. The highest BCUT2D eigenvalue weighted by molar-refractivity contribution is 9.10. The highest BCUT2D eigenvalue weighted by Crippen LogP contribution is 2.50. The van der Waals surface area contributed by atoms with Crippen LogP contribution in [-0.2, 0) is 5.60 Å². The summed E-state index contributed by atoms with van der Waals surface area (Å²) in [7, 11) is 0. The molecule has 3 rings (SSSR count). The van der Waals surface area contributed by atoms with Gasteiger partial charge in [0.1, 0.15) is 5.60 Å². The van der Waals surface area contributed by atoms with Gasteiger partial charge in [0.25, 0.3) is 0 Å². The molecule has 1 fully saturated rings. The molecule has 1 saturated heterocycles. The van der Waals surface area contributed by atoms with Gasteiger partial charge in [-0.25, -0.2) is 4.79 Å². The molecule has 2 heterocycles. The van der Waals surface area contributed by atoms with Crippen LogP contribution in [0, 0.1) is 5.41 Å². The number of rotatable bonds is 4. The molecule has 1 aromatic heterocycles. The predicted molar refractivity (Wildman–Crippen MR) is 103 cm³/mol. The van der Waals surface area contributed by atoms with Crippen LogP contribution in [-0.4, -0.2) is 39.3 Å². The Morgan fingerprint density at radius 1 is 1.23 bits per heavy atom. The van der Waals surface area contributed by atoms with Gasteiger partial charge in [0, 0.05) is 40.9 Å². The van der Waals surface area contributed by atoms with Gasteiger partial charge in [0.05, 0.1) is 0 Å². The Labute approximate surface area is 161 Å². The number of pyridine rings is 1. The molecule has 6 heteroatoms. The SMILES string of the molecule is CC(C)c1ccc([C@](O)(c2cncc(Br)c2)C2(C)CN(C(=O)O)C2)cc1. The Balaban J connectivity index is 2.09. The Hall–Kier alpha value is -1.92. The van der Waals surface area contributed by atoms with Gasteiger partial charge in [0.15, 0.2) is 0 Å². The molecule has 0 radical (unpaired) electrons. The summed E-state index contributed by atoms with van der Waals surface area (Å²) in [4.78, 5) is 16.8. The maximum absolute atomic E-state index is 11.9. The zero-order valence-corrected chi connectivity index (χ0v) is 16.7. The molecule has 1 aliphatic rings. The van der Waals surface area contributed by atoms with E-state index in [1.807, 2.05) is 37.3 Å². The highest BCUT2D eigenvalue weighted by atomic mass is 79.9. The molecule has 0 aliphatic carbocycles. The van der Waals surface area contributed by atoms with E-state index >= 15 is 0 Å². The van der Waals surface area contributed by atoms with Crippen molar-refractivity contribution < 1.29 is 15.0 Å². The van der Waals surface area contributed by atoms with Crippen molar-refractivity contribution in [1.82, 2.24) is 9.88 Å². The lowest BCUT2D eigenvalue weighted by Crippen LogP contribution is -2.66. The zero-order chi connectivity index (χ0) is 19.1. The number of nitrogens with zero attached hydrogens (tertiary/aromatic N) is 2. The lowest BCUT2D eigenvalue weighted by Gasteiger charge is -2.55. The first-order valence-electron chi connectivity index (χ1n) is 8.59. The van der Waals surface area contributed by atoms with Gasteiger partial charge < -0.3 is 15.1 Å². The van der Waals surface area contributed by atoms with Crippen molar-refractivity contribution in [2.24, 2.45) is 5.41 Å². The standard InChI is InChI=1S/C20H23BrN2O3/c1-13(2)14-4-6-15(7-5-14)20(26,16-8-17(21)10-22-9-16)19(3)11-23(12-19)18(24)25/h4-10,13,26H,11-12H2,1-3H3,(H,24,25)/t20-/m0/s1. The Kier molecular flexibility index (Phi) is 4.84. The third kappa shape index (κ3) is 3.01. The molecule has 5 nitrogen and oxygen atoms in total. The molecule has 26 heavy (non-hydrogen) atoms. The molecule has 2 aromatic rings. The summed E-state index contributed by atoms with van der Waals surface area (Å²) in [5.74, 6) is 0.395. The van der Waals surface area contributed by atoms with E-state index in [1.165, 1.54) is 10.5 Å². The van der Waals surface area contributed by atoms with Crippen LogP contribution in [0.3, 0.4) is 0 Å². The number of hydrogen-bond donors (Lipinski definition) is 2. The lowest BCUT2D eigenvalue weighted by molar-refractivity contribution is -0.124. The van der Waals surface area contributed by atoms with Crippen molar-refractivity contribution in [1.29, 1.82) is 0 Å². The van der Waals surface area contributed by atoms with E-state index in [0.717, 1.165) is 10.0 Å². The number of carboxylic acid groups (broad SMARTS) is 1. The van der Waals surface area contributed by atoms with E-state index in [9.17, 15) is 15.0 Å². The second kappa shape index (κ2) is 6.67.